The zero-order chi connectivity index (χ0) is 32.7. The van der Waals surface area contributed by atoms with Crippen molar-refractivity contribution in [2.24, 2.45) is 0 Å². The topological polar surface area (TPSA) is 77.5 Å². The molecule has 2 aromatic carbocycles. The lowest BCUT2D eigenvalue weighted by Gasteiger charge is -2.20. The Hall–Kier alpha value is -2.52. The largest absolute Gasteiger partial charge is 0.465 e. The lowest BCUT2D eigenvalue weighted by atomic mass is 10.0. The molecule has 0 aromatic heterocycles. The first-order chi connectivity index (χ1) is 20.9. The van der Waals surface area contributed by atoms with E-state index in [0.717, 1.165) is 24.0 Å². The van der Waals surface area contributed by atoms with Gasteiger partial charge in [-0.1, -0.05) is 126 Å². The number of aryl methyl sites for hydroxylation is 6. The second-order valence-corrected chi connectivity index (χ2v) is 15.5. The second-order valence-electron chi connectivity index (χ2n) is 12.9. The summed E-state index contributed by atoms with van der Waals surface area (Å²) >= 11 is 0. The third-order valence-electron chi connectivity index (χ3n) is 8.55. The summed E-state index contributed by atoms with van der Waals surface area (Å²) in [4.78, 5) is 41.0. The molecule has 0 aliphatic rings. The van der Waals surface area contributed by atoms with E-state index >= 15 is 0 Å². The first-order valence-electron chi connectivity index (χ1n) is 16.9. The highest BCUT2D eigenvalue weighted by molar-refractivity contribution is 7.96. The molecule has 0 fully saturated rings. The van der Waals surface area contributed by atoms with Crippen LogP contribution in [0.1, 0.15) is 151 Å². The van der Waals surface area contributed by atoms with Gasteiger partial charge in [0.2, 0.25) is 18.2 Å². The van der Waals surface area contributed by atoms with Gasteiger partial charge in [-0.25, -0.2) is 0 Å². The maximum atomic E-state index is 14.6. The summed E-state index contributed by atoms with van der Waals surface area (Å²) < 4.78 is 20.0. The molecular weight excluding hydrogens is 567 g/mol. The third kappa shape index (κ3) is 11.4. The maximum Gasteiger partial charge on any atom is 0.314 e. The summed E-state index contributed by atoms with van der Waals surface area (Å²) in [6, 6.07) is 7.35. The number of esters is 1. The summed E-state index contributed by atoms with van der Waals surface area (Å²) in [6.45, 7) is 13.4. The Labute approximate surface area is 267 Å². The first kappa shape index (κ1) is 37.7. The van der Waals surface area contributed by atoms with E-state index in [1.54, 1.807) is 27.7 Å². The molecule has 0 aliphatic heterocycles. The number of rotatable bonds is 21. The van der Waals surface area contributed by atoms with Crippen LogP contribution >= 0.6 is 7.14 Å². The fraction of sp³-hybridized carbons (Fsp3) is 0.605. The normalized spacial score (nSPS) is 11.5. The third-order valence-corrected chi connectivity index (χ3v) is 11.0. The fourth-order valence-electron chi connectivity index (χ4n) is 6.34. The maximum absolute atomic E-state index is 14.6. The molecule has 6 heteroatoms. The van der Waals surface area contributed by atoms with Crippen molar-refractivity contribution in [1.29, 1.82) is 0 Å². The molecule has 2 aromatic rings. The fourth-order valence-corrected chi connectivity index (χ4v) is 8.70. The van der Waals surface area contributed by atoms with Crippen molar-refractivity contribution in [2.75, 3.05) is 12.8 Å². The Morgan fingerprint density at radius 2 is 0.864 bits per heavy atom. The highest BCUT2D eigenvalue weighted by Crippen LogP contribution is 2.53. The van der Waals surface area contributed by atoms with Crippen LogP contribution in [0.2, 0.25) is 0 Å². The van der Waals surface area contributed by atoms with Crippen LogP contribution in [0.4, 0.5) is 0 Å². The molecule has 0 saturated heterocycles. The van der Waals surface area contributed by atoms with E-state index in [1.165, 1.54) is 70.6 Å². The molecule has 0 bridgehead atoms. The SMILES string of the molecule is CCCCCCCCCCCCCCCCOC(=O)CP(=O)(C(=O)c1c(C)cc(C)cc1C)C(=O)c1c(C)cc(C)cc1C. The zero-order valence-corrected chi connectivity index (χ0v) is 29.5. The molecular formula is C38H57O5P. The second kappa shape index (κ2) is 19.1. The number of unbranched alkanes of at least 4 members (excludes halogenated alkanes) is 13. The molecule has 5 nitrogen and oxygen atoms in total. The lowest BCUT2D eigenvalue weighted by Crippen LogP contribution is -2.22. The molecule has 0 N–H and O–H groups in total. The monoisotopic (exact) mass is 624 g/mol. The van der Waals surface area contributed by atoms with Crippen molar-refractivity contribution in [3.8, 4) is 0 Å². The van der Waals surface area contributed by atoms with Crippen LogP contribution in [0.15, 0.2) is 24.3 Å². The first-order valence-corrected chi connectivity index (χ1v) is 18.8. The van der Waals surface area contributed by atoms with Crippen LogP contribution in [0.25, 0.3) is 0 Å². The Bertz CT molecular complexity index is 1190. The predicted octanol–water partition coefficient (Wildman–Crippen LogP) is 10.9. The minimum atomic E-state index is -4.38. The molecule has 0 saturated carbocycles. The average molecular weight is 625 g/mol. The summed E-state index contributed by atoms with van der Waals surface area (Å²) in [5.41, 5.74) is 3.52. The van der Waals surface area contributed by atoms with Gasteiger partial charge in [0.15, 0.2) is 0 Å². The van der Waals surface area contributed by atoms with Gasteiger partial charge in [0.25, 0.3) is 0 Å². The molecule has 0 atom stereocenters. The number of hydrogen-bond donors (Lipinski definition) is 0. The van der Waals surface area contributed by atoms with Gasteiger partial charge in [0.05, 0.1) is 6.61 Å². The van der Waals surface area contributed by atoms with Crippen molar-refractivity contribution >= 4 is 24.2 Å². The molecule has 0 spiro atoms. The number of carbonyl (C=O) groups excluding carboxylic acids is 3. The van der Waals surface area contributed by atoms with Gasteiger partial charge in [-0.05, 0) is 70.2 Å². The highest BCUT2D eigenvalue weighted by Gasteiger charge is 2.45. The van der Waals surface area contributed by atoms with E-state index in [0.29, 0.717) is 28.7 Å². The Morgan fingerprint density at radius 1 is 0.545 bits per heavy atom. The van der Waals surface area contributed by atoms with E-state index in [4.69, 9.17) is 4.74 Å². The number of ether oxygens (including phenoxy) is 1. The van der Waals surface area contributed by atoms with Crippen LogP contribution in [-0.2, 0) is 14.1 Å². The van der Waals surface area contributed by atoms with E-state index in [2.05, 4.69) is 6.92 Å². The van der Waals surface area contributed by atoms with Gasteiger partial charge >= 0.3 is 5.97 Å². The Balaban J connectivity index is 1.94. The molecule has 2 rings (SSSR count). The van der Waals surface area contributed by atoms with Crippen LogP contribution in [0.5, 0.6) is 0 Å². The van der Waals surface area contributed by atoms with Crippen LogP contribution in [-0.4, -0.2) is 29.8 Å². The number of benzene rings is 2. The molecule has 244 valence electrons. The van der Waals surface area contributed by atoms with Crippen LogP contribution in [0, 0.1) is 41.5 Å². The van der Waals surface area contributed by atoms with E-state index in [9.17, 15) is 18.9 Å². The standard InChI is InChI=1S/C38H57O5P/c1-8-9-10-11-12-13-14-15-16-17-18-19-20-21-22-43-34(39)27-44(42,37(40)35-30(4)23-28(2)24-31(35)5)38(41)36-32(6)25-29(3)26-33(36)7/h23-26H,8-22,27H2,1-7H3. The van der Waals surface area contributed by atoms with Gasteiger partial charge < -0.3 is 9.30 Å². The van der Waals surface area contributed by atoms with Crippen molar-refractivity contribution in [1.82, 2.24) is 0 Å². The smallest absolute Gasteiger partial charge is 0.314 e. The number of hydrogen-bond acceptors (Lipinski definition) is 5. The Morgan fingerprint density at radius 3 is 1.20 bits per heavy atom. The molecule has 0 heterocycles. The molecule has 0 unspecified atom stereocenters. The lowest BCUT2D eigenvalue weighted by molar-refractivity contribution is -0.140. The minimum absolute atomic E-state index is 0.199. The Kier molecular flexibility index (Phi) is 16.3. The molecule has 0 amide bonds. The van der Waals surface area contributed by atoms with Crippen molar-refractivity contribution in [3.63, 3.8) is 0 Å². The quantitative estimate of drug-likeness (QED) is 0.0784. The van der Waals surface area contributed by atoms with Crippen LogP contribution in [0.3, 0.4) is 0 Å². The molecule has 0 radical (unpaired) electrons. The predicted molar refractivity (Wildman–Crippen MR) is 184 cm³/mol. The van der Waals surface area contributed by atoms with Crippen LogP contribution < -0.4 is 0 Å². The van der Waals surface area contributed by atoms with Crippen molar-refractivity contribution < 1.29 is 23.7 Å². The molecule has 0 aliphatic carbocycles. The number of carbonyl (C=O) groups is 3. The average Bonchev–Trinajstić information content (AvgIpc) is 2.93. The highest BCUT2D eigenvalue weighted by atomic mass is 31.2. The van der Waals surface area contributed by atoms with E-state index in [1.807, 2.05) is 38.1 Å². The minimum Gasteiger partial charge on any atom is -0.465 e. The van der Waals surface area contributed by atoms with Gasteiger partial charge in [-0.15, -0.1) is 0 Å². The van der Waals surface area contributed by atoms with Gasteiger partial charge in [0.1, 0.15) is 6.16 Å². The van der Waals surface area contributed by atoms with Gasteiger partial charge in [-0.3, -0.25) is 14.4 Å². The van der Waals surface area contributed by atoms with Gasteiger partial charge in [0, 0.05) is 11.1 Å². The zero-order valence-electron chi connectivity index (χ0n) is 28.6. The van der Waals surface area contributed by atoms with Crippen molar-refractivity contribution in [3.05, 3.63) is 68.8 Å². The van der Waals surface area contributed by atoms with E-state index < -0.39 is 30.3 Å². The molecule has 44 heavy (non-hydrogen) atoms. The van der Waals surface area contributed by atoms with Gasteiger partial charge in [-0.2, -0.15) is 0 Å². The van der Waals surface area contributed by atoms with E-state index in [-0.39, 0.29) is 17.7 Å². The summed E-state index contributed by atoms with van der Waals surface area (Å²) in [5.74, 6) is -0.755. The summed E-state index contributed by atoms with van der Waals surface area (Å²) in [7, 11) is -4.38. The van der Waals surface area contributed by atoms with Crippen molar-refractivity contribution in [2.45, 2.75) is 138 Å². The summed E-state index contributed by atoms with van der Waals surface area (Å²) in [6.07, 6.45) is 16.5. The summed E-state index contributed by atoms with van der Waals surface area (Å²) in [5, 5.41) is 0.